The van der Waals surface area contributed by atoms with Gasteiger partial charge in [-0.3, -0.25) is 0 Å². The molecule has 0 atom stereocenters. The van der Waals surface area contributed by atoms with Crippen LogP contribution in [-0.2, 0) is 10.1 Å². The Morgan fingerprint density at radius 3 is 2.06 bits per heavy atom. The highest BCUT2D eigenvalue weighted by atomic mass is 32.2. The summed E-state index contributed by atoms with van der Waals surface area (Å²) in [7, 11) is -2.11. The molecule has 5 nitrogen and oxygen atoms in total. The van der Waals surface area contributed by atoms with Gasteiger partial charge < -0.3 is 14.1 Å². The number of hydrogen-bond acceptors (Lipinski definition) is 4. The number of hydrogen-bond donors (Lipinski definition) is 1. The molecule has 0 spiro atoms. The van der Waals surface area contributed by atoms with E-state index >= 15 is 0 Å². The Balaban J connectivity index is 0.000000199. The predicted octanol–water partition coefficient (Wildman–Crippen LogP) is 0.338. The van der Waals surface area contributed by atoms with Crippen LogP contribution in [0.3, 0.4) is 0 Å². The molecule has 1 aliphatic heterocycles. The maximum absolute atomic E-state index is 10.4. The zero-order chi connectivity index (χ0) is 13.8. The minimum Gasteiger partial charge on any atom is -0.744 e. The molecule has 0 amide bonds. The van der Waals surface area contributed by atoms with Crippen molar-refractivity contribution in [2.24, 2.45) is 0 Å². The molecule has 0 saturated carbocycles. The minimum absolute atomic E-state index is 0.178. The fraction of sp³-hybridized carbons (Fsp3) is 0.500. The molecule has 1 aromatic carbocycles. The summed E-state index contributed by atoms with van der Waals surface area (Å²) >= 11 is 0. The summed E-state index contributed by atoms with van der Waals surface area (Å²) in [6.45, 7) is 5.64. The summed E-state index contributed by atoms with van der Waals surface area (Å²) in [6, 6.07) is 5.78. The smallest absolute Gasteiger partial charge is 0.129 e. The van der Waals surface area contributed by atoms with E-state index in [2.05, 4.69) is 7.05 Å². The van der Waals surface area contributed by atoms with Crippen molar-refractivity contribution in [3.63, 3.8) is 0 Å². The number of quaternary nitrogens is 1. The molecule has 1 fully saturated rings. The second-order valence-electron chi connectivity index (χ2n) is 4.78. The van der Waals surface area contributed by atoms with Gasteiger partial charge >= 0.3 is 0 Å². The number of rotatable bonds is 3. The first-order valence-electron chi connectivity index (χ1n) is 5.74. The predicted molar refractivity (Wildman–Crippen MR) is 67.0 cm³/mol. The third-order valence-corrected chi connectivity index (χ3v) is 3.79. The van der Waals surface area contributed by atoms with E-state index < -0.39 is 10.1 Å². The second-order valence-corrected chi connectivity index (χ2v) is 6.16. The average Bonchev–Trinajstić information content (AvgIpc) is 2.97. The Morgan fingerprint density at radius 2 is 1.78 bits per heavy atom. The van der Waals surface area contributed by atoms with E-state index in [0.717, 1.165) is 16.6 Å². The molecule has 102 valence electrons. The van der Waals surface area contributed by atoms with Crippen molar-refractivity contribution in [1.29, 1.82) is 0 Å². The normalized spacial score (nSPS) is 16.7. The van der Waals surface area contributed by atoms with Crippen molar-refractivity contribution in [3.05, 3.63) is 29.8 Å². The highest BCUT2D eigenvalue weighted by Gasteiger charge is 2.35. The third-order valence-electron chi connectivity index (χ3n) is 2.94. The van der Waals surface area contributed by atoms with Gasteiger partial charge in [0.05, 0.1) is 18.6 Å². The fourth-order valence-corrected chi connectivity index (χ4v) is 1.81. The molecule has 6 heteroatoms. The maximum atomic E-state index is 10.4. The van der Waals surface area contributed by atoms with Gasteiger partial charge in [-0.25, -0.2) is 8.42 Å². The van der Waals surface area contributed by atoms with Gasteiger partial charge in [0.15, 0.2) is 0 Å². The number of likely N-dealkylation sites (N-methyl/N-ethyl adjacent to an activating group) is 1. The van der Waals surface area contributed by atoms with Gasteiger partial charge in [0.1, 0.15) is 29.8 Å². The van der Waals surface area contributed by atoms with Gasteiger partial charge in [-0.2, -0.15) is 0 Å². The van der Waals surface area contributed by atoms with Crippen LogP contribution in [0.4, 0.5) is 0 Å². The monoisotopic (exact) mass is 273 g/mol. The number of aryl methyl sites for hydroxylation is 1. The standard InChI is InChI=1S/C7H8O3S.C5H12NO/c1-6-2-4-7(5-3-6)11(8,9)10;1-6(2-3-6)4-5-7/h2-5H,1H3,(H,8,9,10);7H,2-5H2,1H3/q;+1/p-1. The van der Waals surface area contributed by atoms with Gasteiger partial charge in [-0.15, -0.1) is 0 Å². The summed E-state index contributed by atoms with van der Waals surface area (Å²) in [5, 5.41) is 8.43. The van der Waals surface area contributed by atoms with Crippen molar-refractivity contribution in [3.8, 4) is 0 Å². The molecule has 0 radical (unpaired) electrons. The van der Waals surface area contributed by atoms with Gasteiger partial charge in [0.2, 0.25) is 0 Å². The van der Waals surface area contributed by atoms with E-state index in [4.69, 9.17) is 5.11 Å². The average molecular weight is 273 g/mol. The quantitative estimate of drug-likeness (QED) is 0.489. The SMILES string of the molecule is C[N+]1(CCO)CC1.Cc1ccc(S(=O)(=O)[O-])cc1. The summed E-state index contributed by atoms with van der Waals surface area (Å²) in [5.41, 5.74) is 0.928. The zero-order valence-corrected chi connectivity index (χ0v) is 11.5. The summed E-state index contributed by atoms with van der Waals surface area (Å²) < 4.78 is 32.3. The molecular formula is C12H19NO4S. The maximum Gasteiger partial charge on any atom is 0.129 e. The van der Waals surface area contributed by atoms with Crippen LogP contribution in [0, 0.1) is 6.92 Å². The molecule has 1 saturated heterocycles. The molecule has 1 N–H and O–H groups in total. The van der Waals surface area contributed by atoms with Gasteiger partial charge in [0, 0.05) is 0 Å². The van der Waals surface area contributed by atoms with Crippen molar-refractivity contribution >= 4 is 10.1 Å². The molecule has 0 aromatic heterocycles. The first-order valence-corrected chi connectivity index (χ1v) is 7.15. The highest BCUT2D eigenvalue weighted by Crippen LogP contribution is 2.14. The lowest BCUT2D eigenvalue weighted by Gasteiger charge is -2.06. The lowest BCUT2D eigenvalue weighted by atomic mass is 10.2. The Bertz CT molecular complexity index is 477. The van der Waals surface area contributed by atoms with Crippen LogP contribution in [0.5, 0.6) is 0 Å². The molecule has 0 bridgehead atoms. The molecule has 0 aliphatic carbocycles. The first-order chi connectivity index (χ1) is 8.27. The van der Waals surface area contributed by atoms with Crippen LogP contribution in [-0.4, -0.2) is 55.8 Å². The van der Waals surface area contributed by atoms with Crippen LogP contribution < -0.4 is 0 Å². The van der Waals surface area contributed by atoms with E-state index in [-0.39, 0.29) is 4.90 Å². The third kappa shape index (κ3) is 5.14. The van der Waals surface area contributed by atoms with Crippen molar-refractivity contribution in [2.45, 2.75) is 11.8 Å². The van der Waals surface area contributed by atoms with Gasteiger partial charge in [0.25, 0.3) is 0 Å². The number of aliphatic hydroxyl groups excluding tert-OH is 1. The number of nitrogens with zero attached hydrogens (tertiary/aromatic N) is 1. The van der Waals surface area contributed by atoms with E-state index in [1.165, 1.54) is 25.2 Å². The minimum atomic E-state index is -4.27. The Morgan fingerprint density at radius 1 is 1.28 bits per heavy atom. The van der Waals surface area contributed by atoms with E-state index in [9.17, 15) is 13.0 Å². The van der Waals surface area contributed by atoms with Gasteiger partial charge in [-0.05, 0) is 19.1 Å². The molecule has 1 heterocycles. The topological polar surface area (TPSA) is 77.4 Å². The largest absolute Gasteiger partial charge is 0.744 e. The van der Waals surface area contributed by atoms with E-state index in [1.807, 2.05) is 6.92 Å². The number of aliphatic hydroxyl groups is 1. The van der Waals surface area contributed by atoms with E-state index in [0.29, 0.717) is 6.61 Å². The molecular weight excluding hydrogens is 254 g/mol. The molecule has 18 heavy (non-hydrogen) atoms. The van der Waals surface area contributed by atoms with Crippen molar-refractivity contribution < 1.29 is 22.6 Å². The summed E-state index contributed by atoms with van der Waals surface area (Å²) in [6.07, 6.45) is 0. The Kier molecular flexibility index (Phi) is 4.86. The first kappa shape index (κ1) is 15.1. The molecule has 2 rings (SSSR count). The fourth-order valence-electron chi connectivity index (χ4n) is 1.34. The lowest BCUT2D eigenvalue weighted by Crippen LogP contribution is -2.23. The number of benzene rings is 1. The van der Waals surface area contributed by atoms with Crippen LogP contribution in [0.25, 0.3) is 0 Å². The van der Waals surface area contributed by atoms with Crippen molar-refractivity contribution in [1.82, 2.24) is 0 Å². The Labute approximate surface area is 108 Å². The van der Waals surface area contributed by atoms with Crippen LogP contribution in [0.1, 0.15) is 5.56 Å². The zero-order valence-electron chi connectivity index (χ0n) is 10.7. The summed E-state index contributed by atoms with van der Waals surface area (Å²) in [5.74, 6) is 0. The highest BCUT2D eigenvalue weighted by molar-refractivity contribution is 7.85. The summed E-state index contributed by atoms with van der Waals surface area (Å²) in [4.78, 5) is -0.178. The molecule has 0 unspecified atom stereocenters. The lowest BCUT2D eigenvalue weighted by molar-refractivity contribution is -0.777. The van der Waals surface area contributed by atoms with E-state index in [1.54, 1.807) is 12.1 Å². The molecule has 1 aliphatic rings. The van der Waals surface area contributed by atoms with Gasteiger partial charge in [-0.1, -0.05) is 17.7 Å². The van der Waals surface area contributed by atoms with Crippen LogP contribution in [0.2, 0.25) is 0 Å². The van der Waals surface area contributed by atoms with Crippen LogP contribution >= 0.6 is 0 Å². The van der Waals surface area contributed by atoms with Crippen molar-refractivity contribution in [2.75, 3.05) is 33.3 Å². The van der Waals surface area contributed by atoms with Crippen LogP contribution in [0.15, 0.2) is 29.2 Å². The Hall–Kier alpha value is -0.950. The second kappa shape index (κ2) is 5.79. The molecule has 1 aromatic rings.